The fourth-order valence-corrected chi connectivity index (χ4v) is 10.7. The molecule has 0 bridgehead atoms. The largest absolute Gasteiger partial charge is 0.453 e. The highest BCUT2D eigenvalue weighted by Crippen LogP contribution is 2.49. The Morgan fingerprint density at radius 1 is 0.697 bits per heavy atom. The molecule has 16 heteroatoms. The number of anilines is 1. The average Bonchev–Trinajstić information content (AvgIpc) is 3.83. The first kappa shape index (κ1) is 45.0. The van der Waals surface area contributed by atoms with Crippen LogP contribution in [0.25, 0.3) is 22.1 Å². The maximum Gasteiger partial charge on any atom is 0.407 e. The Morgan fingerprint density at radius 3 is 1.86 bits per heavy atom. The average molecular weight is 904 g/mol. The van der Waals surface area contributed by atoms with Gasteiger partial charge in [0.1, 0.15) is 29.5 Å². The number of aromatic amines is 2. The number of H-pyrrole nitrogens is 2. The molecule has 1 aliphatic carbocycles. The number of benzene rings is 3. The number of imidazole rings is 2. The zero-order valence-corrected chi connectivity index (χ0v) is 38.7. The molecule has 3 unspecified atom stereocenters. The predicted octanol–water partition coefficient (Wildman–Crippen LogP) is 8.50. The highest BCUT2D eigenvalue weighted by molar-refractivity contribution is 5.87. The summed E-state index contributed by atoms with van der Waals surface area (Å²) in [4.78, 5) is 75.0. The summed E-state index contributed by atoms with van der Waals surface area (Å²) in [6, 6.07) is 16.5. The van der Waals surface area contributed by atoms with Gasteiger partial charge in [0.15, 0.2) is 0 Å². The number of methoxy groups -OCH3 is 2. The zero-order chi connectivity index (χ0) is 46.4. The van der Waals surface area contributed by atoms with Crippen LogP contribution in [0.2, 0.25) is 0 Å². The van der Waals surface area contributed by atoms with Crippen molar-refractivity contribution in [3.8, 4) is 0 Å². The number of fused-ring (bicyclic) bond motifs is 2. The second-order valence-electron chi connectivity index (χ2n) is 19.3. The monoisotopic (exact) mass is 903 g/mol. The minimum Gasteiger partial charge on any atom is -0.453 e. The third-order valence-corrected chi connectivity index (χ3v) is 14.3. The van der Waals surface area contributed by atoms with Crippen molar-refractivity contribution in [2.24, 2.45) is 11.8 Å². The number of hydrogen-bond acceptors (Lipinski definition) is 9. The van der Waals surface area contributed by atoms with Gasteiger partial charge in [-0.25, -0.2) is 23.9 Å². The van der Waals surface area contributed by atoms with Crippen molar-refractivity contribution < 1.29 is 33.0 Å². The van der Waals surface area contributed by atoms with Gasteiger partial charge < -0.3 is 44.8 Å². The molecule has 350 valence electrons. The molecule has 2 aromatic heterocycles. The van der Waals surface area contributed by atoms with Crippen LogP contribution in [0.15, 0.2) is 54.6 Å². The van der Waals surface area contributed by atoms with Crippen LogP contribution in [0.5, 0.6) is 0 Å². The molecular weight excluding hydrogens is 842 g/mol. The van der Waals surface area contributed by atoms with Gasteiger partial charge in [0.2, 0.25) is 11.8 Å². The fourth-order valence-electron chi connectivity index (χ4n) is 10.7. The first-order valence-electron chi connectivity index (χ1n) is 23.7. The molecule has 1 saturated carbocycles. The number of aromatic nitrogens is 4. The Hall–Kier alpha value is -6.19. The molecule has 3 aromatic carbocycles. The van der Waals surface area contributed by atoms with E-state index in [-0.39, 0.29) is 59.6 Å². The van der Waals surface area contributed by atoms with Crippen molar-refractivity contribution >= 4 is 51.8 Å². The lowest BCUT2D eigenvalue weighted by Gasteiger charge is -2.33. The van der Waals surface area contributed by atoms with Crippen molar-refractivity contribution in [1.29, 1.82) is 0 Å². The molecule has 4 aliphatic rings. The van der Waals surface area contributed by atoms with Crippen molar-refractivity contribution in [3.05, 3.63) is 88.8 Å². The van der Waals surface area contributed by atoms with E-state index in [4.69, 9.17) is 19.4 Å². The van der Waals surface area contributed by atoms with Gasteiger partial charge in [0.25, 0.3) is 0 Å². The lowest BCUT2D eigenvalue weighted by atomic mass is 10.0. The Morgan fingerprint density at radius 2 is 1.27 bits per heavy atom. The number of hydrogen-bond donors (Lipinski definition) is 4. The van der Waals surface area contributed by atoms with Gasteiger partial charge in [-0.15, -0.1) is 0 Å². The minimum atomic E-state index is -0.725. The maximum atomic E-state index is 15.9. The van der Waals surface area contributed by atoms with Gasteiger partial charge in [-0.05, 0) is 122 Å². The van der Waals surface area contributed by atoms with E-state index in [0.717, 1.165) is 102 Å². The van der Waals surface area contributed by atoms with Crippen LogP contribution in [0, 0.1) is 17.7 Å². The highest BCUT2D eigenvalue weighted by atomic mass is 19.1. The Bertz CT molecular complexity index is 2620. The molecule has 0 radical (unpaired) electrons. The molecule has 3 aliphatic heterocycles. The predicted molar refractivity (Wildman–Crippen MR) is 248 cm³/mol. The number of halogens is 1. The Labute approximate surface area is 384 Å². The Balaban J connectivity index is 0.982. The van der Waals surface area contributed by atoms with Crippen LogP contribution >= 0.6 is 0 Å². The smallest absolute Gasteiger partial charge is 0.407 e. The van der Waals surface area contributed by atoms with Crippen molar-refractivity contribution in [3.63, 3.8) is 0 Å². The highest BCUT2D eigenvalue weighted by Gasteiger charge is 2.40. The van der Waals surface area contributed by atoms with Gasteiger partial charge >= 0.3 is 12.2 Å². The lowest BCUT2D eigenvalue weighted by molar-refractivity contribution is -0.136. The lowest BCUT2D eigenvalue weighted by Crippen LogP contribution is -2.52. The topological polar surface area (TPSA) is 178 Å². The number of alkyl carbamates (subject to hydrolysis) is 2. The molecule has 6 atom stereocenters. The van der Waals surface area contributed by atoms with E-state index in [9.17, 15) is 19.2 Å². The summed E-state index contributed by atoms with van der Waals surface area (Å²) in [5, 5.41) is 5.46. The van der Waals surface area contributed by atoms with E-state index in [1.165, 1.54) is 14.2 Å². The van der Waals surface area contributed by atoms with Crippen molar-refractivity contribution in [2.45, 2.75) is 128 Å². The van der Waals surface area contributed by atoms with Gasteiger partial charge in [-0.2, -0.15) is 0 Å². The van der Waals surface area contributed by atoms with E-state index in [2.05, 4.69) is 55.8 Å². The molecule has 5 aromatic rings. The number of ether oxygens (including phenoxy) is 2. The molecule has 4 amide bonds. The third-order valence-electron chi connectivity index (χ3n) is 14.3. The normalized spacial score (nSPS) is 21.9. The molecule has 4 N–H and O–H groups in total. The fraction of sp³-hybridized carbons (Fsp3) is 0.520. The summed E-state index contributed by atoms with van der Waals surface area (Å²) in [6.45, 7) is 8.81. The molecule has 66 heavy (non-hydrogen) atoms. The van der Waals surface area contributed by atoms with E-state index >= 15 is 4.39 Å². The molecule has 0 spiro atoms. The van der Waals surface area contributed by atoms with Crippen LogP contribution < -0.4 is 15.5 Å². The molecule has 4 fully saturated rings. The van der Waals surface area contributed by atoms with Crippen LogP contribution in [0.4, 0.5) is 19.7 Å². The first-order chi connectivity index (χ1) is 31.8. The van der Waals surface area contributed by atoms with Gasteiger partial charge in [-0.3, -0.25) is 9.59 Å². The standard InChI is InChI=1S/C50H62FN9O6/c1-27(2)44(56-49(63)65-5)47(61)58-21-7-9-32(58)26-43-52-36-17-13-30(23-38(36)53-43)40-19-20-41(60(40)33-15-16-34(29-11-12-29)35(51)25-33)31-14-18-37-39(24-31)55-46(54-37)42-10-8-22-59(42)48(62)45(28(3)4)57-50(64)66-6/h13-18,23-25,27-29,32,40-42,44-45H,7-12,19-22,26H2,1-6H3,(H,52,53)(H,54,55)(H,56,63)(H,57,64)/t32-,40?,41+,42?,44-,45?/m0/s1. The number of carbonyl (C=O) groups is 4. The summed E-state index contributed by atoms with van der Waals surface area (Å²) in [6.07, 6.45) is 6.26. The van der Waals surface area contributed by atoms with Crippen molar-refractivity contribution in [1.82, 2.24) is 40.4 Å². The summed E-state index contributed by atoms with van der Waals surface area (Å²) < 4.78 is 25.6. The van der Waals surface area contributed by atoms with Crippen LogP contribution in [0.1, 0.15) is 131 Å². The summed E-state index contributed by atoms with van der Waals surface area (Å²) >= 11 is 0. The van der Waals surface area contributed by atoms with Crippen molar-refractivity contribution in [2.75, 3.05) is 32.2 Å². The number of amides is 4. The first-order valence-corrected chi connectivity index (χ1v) is 23.7. The number of carbonyl (C=O) groups excluding carboxylic acids is 4. The third kappa shape index (κ3) is 8.90. The van der Waals surface area contributed by atoms with Gasteiger partial charge in [0.05, 0.1) is 54.4 Å². The maximum absolute atomic E-state index is 15.9. The molecule has 5 heterocycles. The SMILES string of the molecule is COC(=O)NC(C(=O)N1CCCC1c1nc2ccc([C@H]3CCC(c4ccc5nc(C[C@@H]6CCCN6C(=O)[C@@H](NC(=O)OC)C(C)C)[nH]c5c4)N3c3ccc(C4CC4)c(F)c3)cc2[nH]1)C(C)C. The van der Waals surface area contributed by atoms with E-state index in [1.54, 1.807) is 6.07 Å². The molecule has 15 nitrogen and oxygen atoms in total. The molecule has 9 rings (SSSR count). The van der Waals surface area contributed by atoms with E-state index in [0.29, 0.717) is 25.3 Å². The van der Waals surface area contributed by atoms with E-state index < -0.39 is 24.3 Å². The Kier molecular flexibility index (Phi) is 12.7. The summed E-state index contributed by atoms with van der Waals surface area (Å²) in [5.74, 6) is 1.10. The number of nitrogens with one attached hydrogen (secondary N) is 4. The molecule has 3 saturated heterocycles. The van der Waals surface area contributed by atoms with Gasteiger partial charge in [0, 0.05) is 31.2 Å². The molecular formula is C50H62FN9O6. The number of nitrogens with zero attached hydrogens (tertiary/aromatic N) is 5. The van der Waals surface area contributed by atoms with E-state index in [1.807, 2.05) is 55.7 Å². The quantitative estimate of drug-likeness (QED) is 0.0902. The number of likely N-dealkylation sites (tertiary alicyclic amines) is 2. The second-order valence-corrected chi connectivity index (χ2v) is 19.3. The van der Waals surface area contributed by atoms with Gasteiger partial charge in [-0.1, -0.05) is 45.9 Å². The number of rotatable bonds is 13. The summed E-state index contributed by atoms with van der Waals surface area (Å²) in [7, 11) is 2.59. The van der Waals surface area contributed by atoms with Crippen LogP contribution in [-0.2, 0) is 25.5 Å². The van der Waals surface area contributed by atoms with Crippen LogP contribution in [-0.4, -0.2) is 99.2 Å². The summed E-state index contributed by atoms with van der Waals surface area (Å²) in [5.41, 5.74) is 7.17. The van der Waals surface area contributed by atoms with Crippen LogP contribution in [0.3, 0.4) is 0 Å². The zero-order valence-electron chi connectivity index (χ0n) is 38.7. The second kappa shape index (κ2) is 18.6. The minimum absolute atomic E-state index is 0.0610.